The first-order valence-corrected chi connectivity index (χ1v) is 9.20. The third kappa shape index (κ3) is 3.54. The first-order chi connectivity index (χ1) is 12.8. The van der Waals surface area contributed by atoms with Gasteiger partial charge in [-0.2, -0.15) is 0 Å². The molecule has 1 aliphatic heterocycles. The third-order valence-corrected chi connectivity index (χ3v) is 4.91. The zero-order valence-corrected chi connectivity index (χ0v) is 14.7. The molecule has 0 saturated heterocycles. The highest BCUT2D eigenvalue weighted by Crippen LogP contribution is 2.18. The normalized spacial score (nSPS) is 13.8. The van der Waals surface area contributed by atoms with Crippen molar-refractivity contribution in [2.75, 3.05) is 0 Å². The number of benzene rings is 2. The third-order valence-electron chi connectivity index (χ3n) is 4.91. The largest absolute Gasteiger partial charge is 0.334 e. The number of hydrogen-bond donors (Lipinski definition) is 2. The van der Waals surface area contributed by atoms with E-state index in [0.717, 1.165) is 48.4 Å². The molecular weight excluding hydrogens is 326 g/mol. The molecule has 0 saturated carbocycles. The predicted molar refractivity (Wildman–Crippen MR) is 101 cm³/mol. The predicted octanol–water partition coefficient (Wildman–Crippen LogP) is 3.16. The van der Waals surface area contributed by atoms with Gasteiger partial charge in [0.25, 0.3) is 0 Å². The molecule has 4 rings (SSSR count). The molecule has 0 radical (unpaired) electrons. The maximum Gasteiger partial charge on any atom is 0.315 e. The summed E-state index contributed by atoms with van der Waals surface area (Å²) in [7, 11) is 0. The van der Waals surface area contributed by atoms with E-state index in [1.165, 1.54) is 11.8 Å². The topological polar surface area (TPSA) is 71.8 Å². The van der Waals surface area contributed by atoms with Crippen LogP contribution in [0.1, 0.15) is 36.5 Å². The van der Waals surface area contributed by atoms with Crippen molar-refractivity contribution in [1.29, 1.82) is 0 Å². The van der Waals surface area contributed by atoms with Crippen molar-refractivity contribution in [3.05, 3.63) is 59.7 Å². The van der Waals surface area contributed by atoms with Crippen molar-refractivity contribution >= 4 is 16.8 Å². The molecule has 2 N–H and O–H groups in total. The van der Waals surface area contributed by atoms with Crippen LogP contribution in [0.5, 0.6) is 0 Å². The highest BCUT2D eigenvalue weighted by molar-refractivity contribution is 5.86. The molecule has 0 fully saturated rings. The van der Waals surface area contributed by atoms with E-state index in [1.54, 1.807) is 0 Å². The second-order valence-electron chi connectivity index (χ2n) is 6.67. The summed E-state index contributed by atoms with van der Waals surface area (Å²) in [4.78, 5) is 12.2. The van der Waals surface area contributed by atoms with Gasteiger partial charge in [0.2, 0.25) is 0 Å². The number of nitrogens with one attached hydrogen (secondary N) is 2. The maximum atomic E-state index is 12.2. The minimum atomic E-state index is -0.191. The molecule has 2 heterocycles. The second kappa shape index (κ2) is 7.56. The Hall–Kier alpha value is -2.89. The monoisotopic (exact) mass is 349 g/mol. The van der Waals surface area contributed by atoms with Gasteiger partial charge in [-0.25, -0.2) is 4.79 Å². The van der Waals surface area contributed by atoms with Crippen LogP contribution in [0.4, 0.5) is 4.79 Å². The molecule has 1 aliphatic rings. The highest BCUT2D eigenvalue weighted by Gasteiger charge is 2.15. The van der Waals surface area contributed by atoms with E-state index in [4.69, 9.17) is 0 Å². The van der Waals surface area contributed by atoms with Crippen LogP contribution in [0.15, 0.2) is 42.5 Å². The molecule has 0 atom stereocenters. The molecule has 2 aromatic carbocycles. The Balaban J connectivity index is 1.35. The smallest absolute Gasteiger partial charge is 0.315 e. The minimum absolute atomic E-state index is 0.191. The van der Waals surface area contributed by atoms with Crippen molar-refractivity contribution in [2.24, 2.45) is 0 Å². The summed E-state index contributed by atoms with van der Waals surface area (Å²) >= 11 is 0. The average Bonchev–Trinajstić information content (AvgIpc) is 2.90. The van der Waals surface area contributed by atoms with Gasteiger partial charge >= 0.3 is 6.03 Å². The quantitative estimate of drug-likeness (QED) is 0.760. The van der Waals surface area contributed by atoms with Crippen LogP contribution in [-0.4, -0.2) is 20.8 Å². The lowest BCUT2D eigenvalue weighted by Gasteiger charge is -2.11. The first-order valence-electron chi connectivity index (χ1n) is 9.20. The summed E-state index contributed by atoms with van der Waals surface area (Å²) in [5.41, 5.74) is 1.11. The van der Waals surface area contributed by atoms with Gasteiger partial charge in [-0.15, -0.1) is 10.2 Å². The molecule has 0 unspecified atom stereocenters. The summed E-state index contributed by atoms with van der Waals surface area (Å²) < 4.78 is 2.15. The van der Waals surface area contributed by atoms with Crippen molar-refractivity contribution in [3.8, 4) is 0 Å². The maximum absolute atomic E-state index is 12.2. The summed E-state index contributed by atoms with van der Waals surface area (Å²) in [6, 6.07) is 14.1. The van der Waals surface area contributed by atoms with Crippen molar-refractivity contribution < 1.29 is 4.79 Å². The molecule has 0 aliphatic carbocycles. The molecule has 2 amide bonds. The van der Waals surface area contributed by atoms with Crippen LogP contribution in [-0.2, 0) is 26.1 Å². The van der Waals surface area contributed by atoms with Gasteiger partial charge in [-0.3, -0.25) is 0 Å². The standard InChI is InChI=1S/C20H23N5O/c26-20(21-13-16-9-6-8-15-7-3-4-10-17(15)16)22-14-19-24-23-18-11-2-1-5-12-25(18)19/h3-4,6-10H,1-2,5,11-14H2,(H2,21,22,26). The van der Waals surface area contributed by atoms with E-state index in [1.807, 2.05) is 24.3 Å². The van der Waals surface area contributed by atoms with Crippen molar-refractivity contribution in [1.82, 2.24) is 25.4 Å². The second-order valence-corrected chi connectivity index (χ2v) is 6.67. The van der Waals surface area contributed by atoms with Crippen LogP contribution < -0.4 is 10.6 Å². The lowest BCUT2D eigenvalue weighted by atomic mass is 10.0. The molecule has 26 heavy (non-hydrogen) atoms. The lowest BCUT2D eigenvalue weighted by molar-refractivity contribution is 0.239. The van der Waals surface area contributed by atoms with E-state index in [9.17, 15) is 4.79 Å². The number of hydrogen-bond acceptors (Lipinski definition) is 3. The number of amides is 2. The Morgan fingerprint density at radius 3 is 2.77 bits per heavy atom. The zero-order chi connectivity index (χ0) is 17.8. The summed E-state index contributed by atoms with van der Waals surface area (Å²) in [5, 5.41) is 16.7. The van der Waals surface area contributed by atoms with E-state index >= 15 is 0 Å². The fourth-order valence-corrected chi connectivity index (χ4v) is 3.52. The fourth-order valence-electron chi connectivity index (χ4n) is 3.52. The van der Waals surface area contributed by atoms with Gasteiger partial charge in [0.05, 0.1) is 6.54 Å². The summed E-state index contributed by atoms with van der Waals surface area (Å²) in [6.45, 7) is 1.83. The van der Waals surface area contributed by atoms with Crippen LogP contribution >= 0.6 is 0 Å². The number of carbonyl (C=O) groups excluding carboxylic acids is 1. The van der Waals surface area contributed by atoms with Crippen LogP contribution in [0.2, 0.25) is 0 Å². The van der Waals surface area contributed by atoms with E-state index in [2.05, 4.69) is 43.6 Å². The Labute approximate surface area is 152 Å². The van der Waals surface area contributed by atoms with E-state index in [-0.39, 0.29) is 6.03 Å². The molecule has 3 aromatic rings. The van der Waals surface area contributed by atoms with Gasteiger partial charge in [0.15, 0.2) is 5.82 Å². The summed E-state index contributed by atoms with van der Waals surface area (Å²) in [6.07, 6.45) is 4.50. The van der Waals surface area contributed by atoms with E-state index < -0.39 is 0 Å². The SMILES string of the molecule is O=C(NCc1cccc2ccccc12)NCc1nnc2n1CCCCC2. The van der Waals surface area contributed by atoms with Crippen LogP contribution in [0.3, 0.4) is 0 Å². The van der Waals surface area contributed by atoms with Crippen molar-refractivity contribution in [2.45, 2.75) is 45.3 Å². The molecule has 134 valence electrons. The Bertz CT molecular complexity index is 912. The minimum Gasteiger partial charge on any atom is -0.334 e. The number of urea groups is 1. The fraction of sp³-hybridized carbons (Fsp3) is 0.350. The number of aromatic nitrogens is 3. The Kier molecular flexibility index (Phi) is 4.82. The number of fused-ring (bicyclic) bond motifs is 2. The van der Waals surface area contributed by atoms with Gasteiger partial charge in [-0.05, 0) is 29.2 Å². The van der Waals surface area contributed by atoms with Gasteiger partial charge < -0.3 is 15.2 Å². The average molecular weight is 349 g/mol. The molecule has 6 nitrogen and oxygen atoms in total. The number of rotatable bonds is 4. The van der Waals surface area contributed by atoms with E-state index in [0.29, 0.717) is 13.1 Å². The molecule has 1 aromatic heterocycles. The Morgan fingerprint density at radius 1 is 0.962 bits per heavy atom. The highest BCUT2D eigenvalue weighted by atomic mass is 16.2. The molecular formula is C20H23N5O. The van der Waals surface area contributed by atoms with Crippen LogP contribution in [0.25, 0.3) is 10.8 Å². The first kappa shape index (κ1) is 16.6. The summed E-state index contributed by atoms with van der Waals surface area (Å²) in [5.74, 6) is 1.87. The van der Waals surface area contributed by atoms with Gasteiger partial charge in [0.1, 0.15) is 5.82 Å². The number of carbonyl (C=O) groups is 1. The lowest BCUT2D eigenvalue weighted by Crippen LogP contribution is -2.35. The molecule has 0 bridgehead atoms. The number of aryl methyl sites for hydroxylation is 1. The molecule has 0 spiro atoms. The Morgan fingerprint density at radius 2 is 1.81 bits per heavy atom. The van der Waals surface area contributed by atoms with Crippen LogP contribution in [0, 0.1) is 0 Å². The zero-order valence-electron chi connectivity index (χ0n) is 14.7. The number of nitrogens with zero attached hydrogens (tertiary/aromatic N) is 3. The van der Waals surface area contributed by atoms with Gasteiger partial charge in [-0.1, -0.05) is 48.9 Å². The van der Waals surface area contributed by atoms with Gasteiger partial charge in [0, 0.05) is 19.5 Å². The molecule has 6 heteroatoms. The van der Waals surface area contributed by atoms with Crippen molar-refractivity contribution in [3.63, 3.8) is 0 Å².